The number of hydrogen-bond acceptors (Lipinski definition) is 0. The third-order valence-electron chi connectivity index (χ3n) is 5.20. The molecule has 19 heavy (non-hydrogen) atoms. The van der Waals surface area contributed by atoms with Crippen molar-refractivity contribution in [3.63, 3.8) is 0 Å². The Morgan fingerprint density at radius 1 is 1.05 bits per heavy atom. The van der Waals surface area contributed by atoms with Crippen LogP contribution in [0.15, 0.2) is 24.3 Å². The van der Waals surface area contributed by atoms with E-state index in [-0.39, 0.29) is 0 Å². The number of benzene rings is 1. The topological polar surface area (TPSA) is 0 Å². The van der Waals surface area contributed by atoms with Gasteiger partial charge in [-0.05, 0) is 28.3 Å². The van der Waals surface area contributed by atoms with Crippen LogP contribution in [0.2, 0.25) is 0 Å². The summed E-state index contributed by atoms with van der Waals surface area (Å²) in [5.74, 6) is 0. The van der Waals surface area contributed by atoms with Gasteiger partial charge in [-0.3, -0.25) is 0 Å². The molecule has 0 aromatic heterocycles. The van der Waals surface area contributed by atoms with E-state index in [0.717, 1.165) is 0 Å². The Kier molecular flexibility index (Phi) is 4.43. The summed E-state index contributed by atoms with van der Waals surface area (Å²) in [4.78, 5) is 0. The molecule has 1 aliphatic carbocycles. The van der Waals surface area contributed by atoms with E-state index in [1.807, 2.05) is 0 Å². The second-order valence-corrected chi connectivity index (χ2v) is 7.33. The van der Waals surface area contributed by atoms with Crippen LogP contribution in [0.3, 0.4) is 0 Å². The van der Waals surface area contributed by atoms with Crippen molar-refractivity contribution in [1.82, 2.24) is 0 Å². The number of hydrogen-bond donors (Lipinski definition) is 0. The Bertz CT molecular complexity index is 396. The maximum atomic E-state index is 2.46. The van der Waals surface area contributed by atoms with E-state index in [9.17, 15) is 0 Å². The summed E-state index contributed by atoms with van der Waals surface area (Å²) < 4.78 is 0. The molecule has 0 N–H and O–H groups in total. The lowest BCUT2D eigenvalue weighted by molar-refractivity contribution is 0.397. The molecule has 0 radical (unpaired) electrons. The molecule has 0 atom stereocenters. The first-order valence-corrected chi connectivity index (χ1v) is 8.09. The van der Waals surface area contributed by atoms with Crippen molar-refractivity contribution in [2.75, 3.05) is 0 Å². The maximum absolute atomic E-state index is 2.46. The smallest absolute Gasteiger partial charge is 0.0654 e. The SMILES string of the molecule is BC1(c2ccc(C(C)(C)CCC)cc2)CCCCC1. The van der Waals surface area contributed by atoms with Gasteiger partial charge in [-0.1, -0.05) is 83.6 Å². The van der Waals surface area contributed by atoms with Crippen LogP contribution in [-0.2, 0) is 10.7 Å². The van der Waals surface area contributed by atoms with Crippen molar-refractivity contribution in [2.24, 2.45) is 0 Å². The molecule has 2 rings (SSSR count). The van der Waals surface area contributed by atoms with E-state index in [2.05, 4.69) is 52.9 Å². The molecule has 1 fully saturated rings. The summed E-state index contributed by atoms with van der Waals surface area (Å²) in [6, 6.07) is 9.56. The molecule has 1 aromatic rings. The van der Waals surface area contributed by atoms with Crippen LogP contribution in [0.4, 0.5) is 0 Å². The van der Waals surface area contributed by atoms with Gasteiger partial charge in [-0.15, -0.1) is 0 Å². The molecule has 0 saturated heterocycles. The highest BCUT2D eigenvalue weighted by molar-refractivity contribution is 6.16. The van der Waals surface area contributed by atoms with Crippen molar-refractivity contribution < 1.29 is 0 Å². The Morgan fingerprint density at radius 3 is 2.16 bits per heavy atom. The Hall–Kier alpha value is -0.715. The van der Waals surface area contributed by atoms with Crippen molar-refractivity contribution in [3.8, 4) is 0 Å². The monoisotopic (exact) mass is 256 g/mol. The summed E-state index contributed by atoms with van der Waals surface area (Å²) in [7, 11) is 2.46. The number of rotatable bonds is 4. The third kappa shape index (κ3) is 3.24. The quantitative estimate of drug-likeness (QED) is 0.693. The van der Waals surface area contributed by atoms with Crippen LogP contribution < -0.4 is 0 Å². The van der Waals surface area contributed by atoms with Gasteiger partial charge < -0.3 is 0 Å². The van der Waals surface area contributed by atoms with Crippen LogP contribution in [-0.4, -0.2) is 7.85 Å². The lowest BCUT2D eigenvalue weighted by Crippen LogP contribution is -2.29. The first kappa shape index (κ1) is 14.7. The summed E-state index contributed by atoms with van der Waals surface area (Å²) in [6.45, 7) is 7.01. The summed E-state index contributed by atoms with van der Waals surface area (Å²) >= 11 is 0. The molecule has 0 aliphatic heterocycles. The van der Waals surface area contributed by atoms with Gasteiger partial charge in [0.2, 0.25) is 0 Å². The van der Waals surface area contributed by atoms with E-state index in [4.69, 9.17) is 0 Å². The lowest BCUT2D eigenvalue weighted by Gasteiger charge is -2.35. The molecule has 0 spiro atoms. The van der Waals surface area contributed by atoms with E-state index in [0.29, 0.717) is 10.7 Å². The van der Waals surface area contributed by atoms with E-state index in [1.165, 1.54) is 50.5 Å². The zero-order valence-corrected chi connectivity index (χ0v) is 13.3. The molecule has 0 amide bonds. The van der Waals surface area contributed by atoms with Crippen LogP contribution in [0, 0.1) is 0 Å². The molecular weight excluding hydrogens is 227 g/mol. The summed E-state index contributed by atoms with van der Waals surface area (Å²) in [5, 5.41) is 0.436. The minimum absolute atomic E-state index is 0.320. The molecule has 0 unspecified atom stereocenters. The van der Waals surface area contributed by atoms with Gasteiger partial charge in [0.05, 0.1) is 0 Å². The fraction of sp³-hybridized carbons (Fsp3) is 0.667. The van der Waals surface area contributed by atoms with Crippen molar-refractivity contribution in [2.45, 2.75) is 76.4 Å². The van der Waals surface area contributed by atoms with Gasteiger partial charge >= 0.3 is 0 Å². The fourth-order valence-electron chi connectivity index (χ4n) is 3.71. The molecule has 1 aliphatic rings. The largest absolute Gasteiger partial charge is 0.115 e. The van der Waals surface area contributed by atoms with E-state index in [1.54, 1.807) is 5.56 Å². The van der Waals surface area contributed by atoms with E-state index < -0.39 is 0 Å². The minimum atomic E-state index is 0.320. The average Bonchev–Trinajstić information content (AvgIpc) is 2.40. The minimum Gasteiger partial charge on any atom is -0.0654 e. The second kappa shape index (κ2) is 5.73. The Balaban J connectivity index is 2.18. The molecule has 0 nitrogen and oxygen atoms in total. The lowest BCUT2D eigenvalue weighted by atomic mass is 9.56. The summed E-state index contributed by atoms with van der Waals surface area (Å²) in [6.07, 6.45) is 9.49. The van der Waals surface area contributed by atoms with E-state index >= 15 is 0 Å². The predicted octanol–water partition coefficient (Wildman–Crippen LogP) is 4.56. The molecule has 1 aromatic carbocycles. The zero-order valence-electron chi connectivity index (χ0n) is 13.3. The van der Waals surface area contributed by atoms with Crippen molar-refractivity contribution in [1.29, 1.82) is 0 Å². The standard InChI is InChI=1S/C18H29B/c1-4-12-17(2,3)15-8-10-16(11-9-15)18(19)13-6-5-7-14-18/h8-11H,4-7,12-14,19H2,1-3H3. The molecule has 104 valence electrons. The van der Waals surface area contributed by atoms with Gasteiger partial charge in [0.1, 0.15) is 7.85 Å². The Labute approximate surface area is 120 Å². The normalized spacial score (nSPS) is 19.3. The van der Waals surface area contributed by atoms with Gasteiger partial charge in [-0.25, -0.2) is 0 Å². The molecule has 0 bridgehead atoms. The first-order chi connectivity index (χ1) is 8.98. The zero-order chi connectivity index (χ0) is 13.9. The molecule has 1 heteroatoms. The average molecular weight is 256 g/mol. The first-order valence-electron chi connectivity index (χ1n) is 8.09. The second-order valence-electron chi connectivity index (χ2n) is 7.33. The molecule has 1 saturated carbocycles. The highest BCUT2D eigenvalue weighted by atomic mass is 14.3. The molecular formula is C18H29B. The fourth-order valence-corrected chi connectivity index (χ4v) is 3.71. The maximum Gasteiger partial charge on any atom is 0.115 e. The highest BCUT2D eigenvalue weighted by Gasteiger charge is 2.29. The van der Waals surface area contributed by atoms with Crippen LogP contribution in [0.25, 0.3) is 0 Å². The van der Waals surface area contributed by atoms with Gasteiger partial charge in [0, 0.05) is 0 Å². The van der Waals surface area contributed by atoms with Crippen LogP contribution in [0.1, 0.15) is 76.8 Å². The third-order valence-corrected chi connectivity index (χ3v) is 5.20. The summed E-state index contributed by atoms with van der Waals surface area (Å²) in [5.41, 5.74) is 3.38. The van der Waals surface area contributed by atoms with Crippen LogP contribution in [0.5, 0.6) is 0 Å². The van der Waals surface area contributed by atoms with Gasteiger partial charge in [0.25, 0.3) is 0 Å². The Morgan fingerprint density at radius 2 is 1.63 bits per heavy atom. The predicted molar refractivity (Wildman–Crippen MR) is 87.7 cm³/mol. The van der Waals surface area contributed by atoms with Gasteiger partial charge in [0.15, 0.2) is 0 Å². The van der Waals surface area contributed by atoms with Gasteiger partial charge in [-0.2, -0.15) is 0 Å². The van der Waals surface area contributed by atoms with Crippen LogP contribution >= 0.6 is 0 Å². The molecule has 0 heterocycles. The van der Waals surface area contributed by atoms with Crippen molar-refractivity contribution >= 4 is 7.85 Å². The highest BCUT2D eigenvalue weighted by Crippen LogP contribution is 2.37. The van der Waals surface area contributed by atoms with Crippen molar-refractivity contribution in [3.05, 3.63) is 35.4 Å².